The standard InChI is InChI=1S/C19H23N3O2/c1-13(2)17-11-15(14(3)10-18(17)24-4)12-20-22-19(23)21-16-8-6-5-7-9-16/h5-13H,1-4H3,(H2,21,22,23)/b20-12-. The fourth-order valence-electron chi connectivity index (χ4n) is 2.32. The van der Waals surface area contributed by atoms with E-state index in [4.69, 9.17) is 4.74 Å². The second-order valence-corrected chi connectivity index (χ2v) is 5.80. The lowest BCUT2D eigenvalue weighted by molar-refractivity contribution is 0.252. The van der Waals surface area contributed by atoms with Gasteiger partial charge >= 0.3 is 6.03 Å². The van der Waals surface area contributed by atoms with Crippen LogP contribution in [-0.2, 0) is 0 Å². The summed E-state index contributed by atoms with van der Waals surface area (Å²) in [5.41, 5.74) is 6.27. The summed E-state index contributed by atoms with van der Waals surface area (Å²) in [5.74, 6) is 1.21. The molecule has 2 aromatic carbocycles. The number of rotatable bonds is 5. The zero-order valence-corrected chi connectivity index (χ0v) is 14.5. The largest absolute Gasteiger partial charge is 0.496 e. The molecule has 2 rings (SSSR count). The Hall–Kier alpha value is -2.82. The summed E-state index contributed by atoms with van der Waals surface area (Å²) in [7, 11) is 1.67. The van der Waals surface area contributed by atoms with Gasteiger partial charge in [0, 0.05) is 5.69 Å². The number of amides is 2. The first kappa shape index (κ1) is 17.5. The van der Waals surface area contributed by atoms with Gasteiger partial charge in [-0.25, -0.2) is 10.2 Å². The van der Waals surface area contributed by atoms with Crippen LogP contribution in [0, 0.1) is 6.92 Å². The molecule has 0 unspecified atom stereocenters. The van der Waals surface area contributed by atoms with Crippen molar-refractivity contribution in [2.45, 2.75) is 26.7 Å². The number of nitrogens with zero attached hydrogens (tertiary/aromatic N) is 1. The van der Waals surface area contributed by atoms with Gasteiger partial charge in [0.2, 0.25) is 0 Å². The van der Waals surface area contributed by atoms with Gasteiger partial charge in [0.1, 0.15) is 5.75 Å². The van der Waals surface area contributed by atoms with Crippen LogP contribution in [0.15, 0.2) is 47.6 Å². The van der Waals surface area contributed by atoms with Gasteiger partial charge < -0.3 is 10.1 Å². The van der Waals surface area contributed by atoms with Crippen LogP contribution in [0.4, 0.5) is 10.5 Å². The molecule has 0 aliphatic carbocycles. The molecule has 5 nitrogen and oxygen atoms in total. The maximum atomic E-state index is 11.8. The molecule has 0 spiro atoms. The van der Waals surface area contributed by atoms with Crippen molar-refractivity contribution in [3.63, 3.8) is 0 Å². The first-order valence-electron chi connectivity index (χ1n) is 7.85. The van der Waals surface area contributed by atoms with Gasteiger partial charge in [0.15, 0.2) is 0 Å². The quantitative estimate of drug-likeness (QED) is 0.636. The summed E-state index contributed by atoms with van der Waals surface area (Å²) in [5, 5.41) is 6.73. The van der Waals surface area contributed by atoms with E-state index in [1.807, 2.05) is 49.4 Å². The molecule has 0 atom stereocenters. The molecule has 0 radical (unpaired) electrons. The molecule has 2 aromatic rings. The third kappa shape index (κ3) is 4.59. The van der Waals surface area contributed by atoms with E-state index in [0.717, 1.165) is 22.4 Å². The molecule has 0 heterocycles. The minimum absolute atomic E-state index is 0.335. The lowest BCUT2D eigenvalue weighted by Crippen LogP contribution is -2.24. The van der Waals surface area contributed by atoms with E-state index in [2.05, 4.69) is 29.7 Å². The van der Waals surface area contributed by atoms with Gasteiger partial charge in [0.05, 0.1) is 13.3 Å². The normalized spacial score (nSPS) is 10.9. The average Bonchev–Trinajstić information content (AvgIpc) is 2.56. The van der Waals surface area contributed by atoms with E-state index >= 15 is 0 Å². The summed E-state index contributed by atoms with van der Waals surface area (Å²) in [4.78, 5) is 11.8. The molecule has 0 bridgehead atoms. The third-order valence-electron chi connectivity index (χ3n) is 3.64. The first-order chi connectivity index (χ1) is 11.5. The SMILES string of the molecule is COc1cc(C)c(/C=N\NC(=O)Nc2ccccc2)cc1C(C)C. The fraction of sp³-hybridized carbons (Fsp3) is 0.263. The van der Waals surface area contributed by atoms with E-state index in [0.29, 0.717) is 11.6 Å². The molecular weight excluding hydrogens is 302 g/mol. The van der Waals surface area contributed by atoms with Crippen molar-refractivity contribution in [3.05, 3.63) is 59.2 Å². The van der Waals surface area contributed by atoms with Gasteiger partial charge in [0.25, 0.3) is 0 Å². The number of aryl methyl sites for hydroxylation is 1. The molecule has 5 heteroatoms. The summed E-state index contributed by atoms with van der Waals surface area (Å²) in [6, 6.07) is 12.9. The Labute approximate surface area is 142 Å². The van der Waals surface area contributed by atoms with Crippen LogP contribution in [-0.4, -0.2) is 19.4 Å². The van der Waals surface area contributed by atoms with Crippen molar-refractivity contribution < 1.29 is 9.53 Å². The Balaban J connectivity index is 2.06. The maximum Gasteiger partial charge on any atom is 0.339 e. The van der Waals surface area contributed by atoms with E-state index < -0.39 is 0 Å². The number of hydrazone groups is 1. The van der Waals surface area contributed by atoms with Crippen LogP contribution in [0.3, 0.4) is 0 Å². The van der Waals surface area contributed by atoms with Gasteiger partial charge in [-0.2, -0.15) is 5.10 Å². The van der Waals surface area contributed by atoms with Crippen molar-refractivity contribution in [2.24, 2.45) is 5.10 Å². The van der Waals surface area contributed by atoms with Gasteiger partial charge in [-0.15, -0.1) is 0 Å². The minimum atomic E-state index is -0.382. The van der Waals surface area contributed by atoms with Crippen LogP contribution in [0.5, 0.6) is 5.75 Å². The lowest BCUT2D eigenvalue weighted by Gasteiger charge is -2.14. The number of ether oxygens (including phenoxy) is 1. The van der Waals surface area contributed by atoms with Crippen molar-refractivity contribution in [1.29, 1.82) is 0 Å². The van der Waals surface area contributed by atoms with E-state index in [9.17, 15) is 4.79 Å². The van der Waals surface area contributed by atoms with E-state index in [1.54, 1.807) is 13.3 Å². The number of carbonyl (C=O) groups excluding carboxylic acids is 1. The molecule has 0 saturated heterocycles. The molecule has 0 fully saturated rings. The summed E-state index contributed by atoms with van der Waals surface area (Å²) in [6.45, 7) is 6.21. The van der Waals surface area contributed by atoms with Gasteiger partial charge in [-0.05, 0) is 53.8 Å². The Kier molecular flexibility index (Phi) is 5.95. The number of carbonyl (C=O) groups is 1. The monoisotopic (exact) mass is 325 g/mol. The molecule has 24 heavy (non-hydrogen) atoms. The number of urea groups is 1. The van der Waals surface area contributed by atoms with E-state index in [1.165, 1.54) is 0 Å². The zero-order valence-electron chi connectivity index (χ0n) is 14.5. The van der Waals surface area contributed by atoms with Crippen molar-refractivity contribution >= 4 is 17.9 Å². The fourth-order valence-corrected chi connectivity index (χ4v) is 2.32. The molecule has 0 aromatic heterocycles. The van der Waals surface area contributed by atoms with Crippen molar-refractivity contribution in [3.8, 4) is 5.75 Å². The number of hydrogen-bond donors (Lipinski definition) is 2. The predicted octanol–water partition coefficient (Wildman–Crippen LogP) is 4.28. The highest BCUT2D eigenvalue weighted by molar-refractivity contribution is 5.90. The average molecular weight is 325 g/mol. The summed E-state index contributed by atoms with van der Waals surface area (Å²) >= 11 is 0. The molecular formula is C19H23N3O2. The number of nitrogens with one attached hydrogen (secondary N) is 2. The van der Waals surface area contributed by atoms with E-state index in [-0.39, 0.29) is 6.03 Å². The topological polar surface area (TPSA) is 62.7 Å². The van der Waals surface area contributed by atoms with Crippen LogP contribution in [0.2, 0.25) is 0 Å². The van der Waals surface area contributed by atoms with Gasteiger partial charge in [-0.1, -0.05) is 32.0 Å². The Morgan fingerprint density at radius 3 is 2.54 bits per heavy atom. The Bertz CT molecular complexity index is 725. The molecule has 0 aliphatic heterocycles. The number of para-hydroxylation sites is 1. The zero-order chi connectivity index (χ0) is 17.5. The lowest BCUT2D eigenvalue weighted by atomic mass is 9.97. The predicted molar refractivity (Wildman–Crippen MR) is 98.0 cm³/mol. The molecule has 2 N–H and O–H groups in total. The summed E-state index contributed by atoms with van der Waals surface area (Å²) in [6.07, 6.45) is 1.64. The molecule has 2 amide bonds. The number of benzene rings is 2. The minimum Gasteiger partial charge on any atom is -0.496 e. The van der Waals surface area contributed by atoms with Crippen LogP contribution in [0.25, 0.3) is 0 Å². The highest BCUT2D eigenvalue weighted by Crippen LogP contribution is 2.28. The molecule has 126 valence electrons. The highest BCUT2D eigenvalue weighted by Gasteiger charge is 2.10. The van der Waals surface area contributed by atoms with Crippen LogP contribution in [0.1, 0.15) is 36.5 Å². The maximum absolute atomic E-state index is 11.8. The van der Waals surface area contributed by atoms with Crippen molar-refractivity contribution in [1.82, 2.24) is 5.43 Å². The van der Waals surface area contributed by atoms with Crippen molar-refractivity contribution in [2.75, 3.05) is 12.4 Å². The number of hydrogen-bond acceptors (Lipinski definition) is 3. The molecule has 0 saturated carbocycles. The van der Waals surface area contributed by atoms with Crippen LogP contribution < -0.4 is 15.5 Å². The number of methoxy groups -OCH3 is 1. The molecule has 0 aliphatic rings. The van der Waals surface area contributed by atoms with Gasteiger partial charge in [-0.3, -0.25) is 0 Å². The third-order valence-corrected chi connectivity index (χ3v) is 3.64. The second-order valence-electron chi connectivity index (χ2n) is 5.80. The Morgan fingerprint density at radius 2 is 1.92 bits per heavy atom. The van der Waals surface area contributed by atoms with Crippen LogP contribution >= 0.6 is 0 Å². The highest BCUT2D eigenvalue weighted by atomic mass is 16.5. The smallest absolute Gasteiger partial charge is 0.339 e. The first-order valence-corrected chi connectivity index (χ1v) is 7.85. The summed E-state index contributed by atoms with van der Waals surface area (Å²) < 4.78 is 5.43. The number of anilines is 1. The second kappa shape index (κ2) is 8.15. The Morgan fingerprint density at radius 1 is 1.21 bits per heavy atom.